The van der Waals surface area contributed by atoms with Crippen LogP contribution >= 0.6 is 0 Å². The first kappa shape index (κ1) is 21.6. The third kappa shape index (κ3) is 5.07. The molecule has 1 aliphatic rings. The molecule has 2 atom stereocenters. The summed E-state index contributed by atoms with van der Waals surface area (Å²) >= 11 is 0. The Balaban J connectivity index is 1.57. The maximum atomic E-state index is 13.1. The zero-order chi connectivity index (χ0) is 21.8. The normalized spacial score (nSPS) is 19.5. The van der Waals surface area contributed by atoms with Crippen LogP contribution in [0.5, 0.6) is 5.75 Å². The predicted molar refractivity (Wildman–Crippen MR) is 111 cm³/mol. The summed E-state index contributed by atoms with van der Waals surface area (Å²) in [5, 5.41) is 8.99. The van der Waals surface area contributed by atoms with Crippen LogP contribution < -0.4 is 10.5 Å². The van der Waals surface area contributed by atoms with Gasteiger partial charge in [-0.3, -0.25) is 9.69 Å². The first-order valence-corrected chi connectivity index (χ1v) is 9.78. The molecule has 0 aliphatic carbocycles. The highest BCUT2D eigenvalue weighted by molar-refractivity contribution is 5.89. The largest absolute Gasteiger partial charge is 0.482 e. The number of carbonyl (C=O) groups is 2. The summed E-state index contributed by atoms with van der Waals surface area (Å²) in [7, 11) is 0. The van der Waals surface area contributed by atoms with Crippen LogP contribution in [0, 0.1) is 5.82 Å². The van der Waals surface area contributed by atoms with Gasteiger partial charge in [-0.1, -0.05) is 12.1 Å². The second-order valence-corrected chi connectivity index (χ2v) is 7.65. The number of piperazine rings is 1. The number of ether oxygens (including phenoxy) is 1. The van der Waals surface area contributed by atoms with Gasteiger partial charge in [0.2, 0.25) is 0 Å². The van der Waals surface area contributed by atoms with Gasteiger partial charge < -0.3 is 20.5 Å². The highest BCUT2D eigenvalue weighted by Gasteiger charge is 2.32. The minimum atomic E-state index is -1.08. The average molecular weight is 415 g/mol. The van der Waals surface area contributed by atoms with Gasteiger partial charge in [0, 0.05) is 31.7 Å². The van der Waals surface area contributed by atoms with E-state index >= 15 is 0 Å². The number of nitrogens with zero attached hydrogens (tertiary/aromatic N) is 2. The van der Waals surface area contributed by atoms with Crippen molar-refractivity contribution >= 4 is 17.6 Å². The molecular formula is C22H26FN3O4. The topological polar surface area (TPSA) is 96.1 Å². The number of aromatic carboxylic acids is 1. The van der Waals surface area contributed by atoms with Crippen LogP contribution in [0.4, 0.5) is 10.1 Å². The third-order valence-corrected chi connectivity index (χ3v) is 5.34. The molecule has 8 heteroatoms. The fourth-order valence-electron chi connectivity index (χ4n) is 3.63. The Morgan fingerprint density at radius 3 is 2.47 bits per heavy atom. The molecule has 1 heterocycles. The van der Waals surface area contributed by atoms with Crippen LogP contribution in [-0.2, 0) is 11.3 Å². The Hall–Kier alpha value is -3.13. The fourth-order valence-corrected chi connectivity index (χ4v) is 3.63. The number of nitrogens with two attached hydrogens (primary N) is 1. The van der Waals surface area contributed by atoms with E-state index in [0.717, 1.165) is 5.56 Å². The van der Waals surface area contributed by atoms with Crippen LogP contribution in [0.1, 0.15) is 29.8 Å². The van der Waals surface area contributed by atoms with E-state index < -0.39 is 5.97 Å². The maximum Gasteiger partial charge on any atom is 0.335 e. The number of benzene rings is 2. The molecular weight excluding hydrogens is 389 g/mol. The smallest absolute Gasteiger partial charge is 0.335 e. The van der Waals surface area contributed by atoms with E-state index in [-0.39, 0.29) is 47.4 Å². The summed E-state index contributed by atoms with van der Waals surface area (Å²) in [6, 6.07) is 10.7. The fraction of sp³-hybridized carbons (Fsp3) is 0.364. The van der Waals surface area contributed by atoms with Gasteiger partial charge in [-0.25, -0.2) is 9.18 Å². The van der Waals surface area contributed by atoms with Crippen molar-refractivity contribution in [2.45, 2.75) is 32.5 Å². The van der Waals surface area contributed by atoms with Crippen molar-refractivity contribution in [3.05, 3.63) is 59.4 Å². The minimum Gasteiger partial charge on any atom is -0.482 e. The van der Waals surface area contributed by atoms with E-state index in [1.165, 1.54) is 30.3 Å². The number of nitrogen functional groups attached to an aromatic ring is 1. The monoisotopic (exact) mass is 415 g/mol. The summed E-state index contributed by atoms with van der Waals surface area (Å²) < 4.78 is 18.7. The van der Waals surface area contributed by atoms with Gasteiger partial charge in [0.1, 0.15) is 11.6 Å². The van der Waals surface area contributed by atoms with Gasteiger partial charge in [-0.2, -0.15) is 0 Å². The van der Waals surface area contributed by atoms with Crippen molar-refractivity contribution in [2.24, 2.45) is 0 Å². The van der Waals surface area contributed by atoms with E-state index in [1.807, 2.05) is 6.92 Å². The molecule has 0 saturated carbocycles. The Morgan fingerprint density at radius 2 is 1.83 bits per heavy atom. The molecule has 2 unspecified atom stereocenters. The zero-order valence-corrected chi connectivity index (χ0v) is 17.0. The lowest BCUT2D eigenvalue weighted by atomic mass is 10.1. The summed E-state index contributed by atoms with van der Waals surface area (Å²) in [4.78, 5) is 27.8. The summed E-state index contributed by atoms with van der Waals surface area (Å²) in [6.45, 7) is 5.80. The number of carboxylic acids is 1. The molecule has 0 bridgehead atoms. The second kappa shape index (κ2) is 9.13. The summed E-state index contributed by atoms with van der Waals surface area (Å²) in [5.41, 5.74) is 7.09. The van der Waals surface area contributed by atoms with Crippen molar-refractivity contribution < 1.29 is 23.8 Å². The molecule has 0 radical (unpaired) electrons. The molecule has 1 amide bonds. The van der Waals surface area contributed by atoms with E-state index in [1.54, 1.807) is 17.0 Å². The standard InChI is InChI=1S/C22H26FN3O4/c1-14-11-26(15(2)10-25(14)12-16-3-6-18(23)7-4-16)21(27)13-30-20-8-5-17(22(28)29)9-19(20)24/h3-9,14-15H,10-13,24H2,1-2H3,(H,28,29). The number of hydrogen-bond acceptors (Lipinski definition) is 5. The summed E-state index contributed by atoms with van der Waals surface area (Å²) in [6.07, 6.45) is 0. The van der Waals surface area contributed by atoms with Crippen LogP contribution in [0.25, 0.3) is 0 Å². The lowest BCUT2D eigenvalue weighted by molar-refractivity contribution is -0.139. The van der Waals surface area contributed by atoms with Crippen molar-refractivity contribution in [3.63, 3.8) is 0 Å². The number of anilines is 1. The average Bonchev–Trinajstić information content (AvgIpc) is 2.70. The van der Waals surface area contributed by atoms with Crippen LogP contribution in [0.15, 0.2) is 42.5 Å². The molecule has 7 nitrogen and oxygen atoms in total. The first-order valence-electron chi connectivity index (χ1n) is 9.78. The van der Waals surface area contributed by atoms with Crippen LogP contribution in [0.3, 0.4) is 0 Å². The molecule has 1 aliphatic heterocycles. The minimum absolute atomic E-state index is 0.00974. The molecule has 2 aromatic carbocycles. The molecule has 1 saturated heterocycles. The molecule has 160 valence electrons. The number of carboxylic acid groups (broad SMARTS) is 1. The molecule has 0 aromatic heterocycles. The van der Waals surface area contributed by atoms with Crippen molar-refractivity contribution in [1.82, 2.24) is 9.80 Å². The molecule has 1 fully saturated rings. The highest BCUT2D eigenvalue weighted by Crippen LogP contribution is 2.23. The Bertz CT molecular complexity index is 919. The maximum absolute atomic E-state index is 13.1. The number of amides is 1. The van der Waals surface area contributed by atoms with Crippen LogP contribution in [0.2, 0.25) is 0 Å². The molecule has 0 spiro atoms. The quantitative estimate of drug-likeness (QED) is 0.704. The molecule has 30 heavy (non-hydrogen) atoms. The second-order valence-electron chi connectivity index (χ2n) is 7.65. The van der Waals surface area contributed by atoms with E-state index in [0.29, 0.717) is 19.6 Å². The van der Waals surface area contributed by atoms with Gasteiger partial charge in [0.05, 0.1) is 11.3 Å². The Morgan fingerprint density at radius 1 is 1.13 bits per heavy atom. The number of rotatable bonds is 6. The summed E-state index contributed by atoms with van der Waals surface area (Å²) in [5.74, 6) is -1.21. The first-order chi connectivity index (χ1) is 14.2. The highest BCUT2D eigenvalue weighted by atomic mass is 19.1. The van der Waals surface area contributed by atoms with Crippen molar-refractivity contribution in [3.8, 4) is 5.75 Å². The Kier molecular flexibility index (Phi) is 6.56. The van der Waals surface area contributed by atoms with E-state index in [4.69, 9.17) is 15.6 Å². The van der Waals surface area contributed by atoms with Gasteiger partial charge >= 0.3 is 5.97 Å². The van der Waals surface area contributed by atoms with Crippen molar-refractivity contribution in [1.29, 1.82) is 0 Å². The predicted octanol–water partition coefficient (Wildman–Crippen LogP) is 2.61. The molecule has 3 rings (SSSR count). The van der Waals surface area contributed by atoms with Crippen molar-refractivity contribution in [2.75, 3.05) is 25.4 Å². The van der Waals surface area contributed by atoms with Gasteiger partial charge in [0.25, 0.3) is 5.91 Å². The van der Waals surface area contributed by atoms with Gasteiger partial charge in [-0.15, -0.1) is 0 Å². The third-order valence-electron chi connectivity index (χ3n) is 5.34. The lowest BCUT2D eigenvalue weighted by Crippen LogP contribution is -2.58. The number of hydrogen-bond donors (Lipinski definition) is 2. The number of halogens is 1. The molecule has 2 aromatic rings. The van der Waals surface area contributed by atoms with Crippen LogP contribution in [-0.4, -0.2) is 58.6 Å². The van der Waals surface area contributed by atoms with Gasteiger partial charge in [-0.05, 0) is 49.7 Å². The molecule has 3 N–H and O–H groups in total. The van der Waals surface area contributed by atoms with E-state index in [2.05, 4.69) is 11.8 Å². The van der Waals surface area contributed by atoms with Gasteiger partial charge in [0.15, 0.2) is 6.61 Å². The Labute approximate surface area is 174 Å². The van der Waals surface area contributed by atoms with E-state index in [9.17, 15) is 14.0 Å². The number of carbonyl (C=O) groups excluding carboxylic acids is 1. The SMILES string of the molecule is CC1CN(C(=O)COc2ccc(C(=O)O)cc2N)C(C)CN1Cc1ccc(F)cc1. The lowest BCUT2D eigenvalue weighted by Gasteiger charge is -2.44. The zero-order valence-electron chi connectivity index (χ0n) is 17.0.